The average molecular weight is 570 g/mol. The Morgan fingerprint density at radius 1 is 1.21 bits per heavy atom. The van der Waals surface area contributed by atoms with Crippen LogP contribution in [-0.4, -0.2) is 63.2 Å². The van der Waals surface area contributed by atoms with Crippen molar-refractivity contribution in [2.24, 2.45) is 5.92 Å². The molecular weight excluding hydrogens is 538 g/mol. The van der Waals surface area contributed by atoms with Crippen molar-refractivity contribution in [3.8, 4) is 17.0 Å². The Balaban J connectivity index is 1.59. The number of halogens is 1. The highest BCUT2D eigenvalue weighted by molar-refractivity contribution is 7.03. The van der Waals surface area contributed by atoms with Gasteiger partial charge in [0, 0.05) is 30.6 Å². The number of hydrogen-bond acceptors (Lipinski definition) is 8. The van der Waals surface area contributed by atoms with Crippen LogP contribution in [-0.2, 0) is 6.54 Å². The van der Waals surface area contributed by atoms with Gasteiger partial charge < -0.3 is 20.3 Å². The summed E-state index contributed by atoms with van der Waals surface area (Å²) in [6, 6.07) is 8.77. The number of hydrogen-bond donors (Lipinski definition) is 2. The normalized spacial score (nSPS) is 11.4. The van der Waals surface area contributed by atoms with Gasteiger partial charge in [-0.15, -0.1) is 0 Å². The topological polar surface area (TPSA) is 114 Å². The number of nitrogens with zero attached hydrogens (tertiary/aromatic N) is 5. The van der Waals surface area contributed by atoms with E-state index in [0.717, 1.165) is 18.4 Å². The number of anilines is 1. The largest absolute Gasteiger partial charge is 0.412 e. The lowest BCUT2D eigenvalue weighted by atomic mass is 10.1. The predicted octanol–water partition coefficient (Wildman–Crippen LogP) is 5.55. The molecule has 0 saturated carbocycles. The average Bonchev–Trinajstić information content (AvgIpc) is 3.53. The maximum absolute atomic E-state index is 12.7. The highest BCUT2D eigenvalue weighted by atomic mass is 35.5. The molecule has 4 aromatic rings. The van der Waals surface area contributed by atoms with E-state index in [1.165, 1.54) is 17.7 Å². The number of benzene rings is 1. The highest BCUT2D eigenvalue weighted by Crippen LogP contribution is 2.33. The Kier molecular flexibility index (Phi) is 9.50. The Bertz CT molecular complexity index is 1420. The summed E-state index contributed by atoms with van der Waals surface area (Å²) in [4.78, 5) is 31.6. The monoisotopic (exact) mass is 569 g/mol. The number of rotatable bonds is 11. The van der Waals surface area contributed by atoms with Gasteiger partial charge in [0.1, 0.15) is 5.75 Å². The van der Waals surface area contributed by atoms with Gasteiger partial charge in [-0.25, -0.2) is 18.8 Å². The number of carbonyl (C=O) groups is 2. The molecule has 12 heteroatoms. The number of amides is 2. The minimum Gasteiger partial charge on any atom is -0.410 e. The van der Waals surface area contributed by atoms with Crippen molar-refractivity contribution in [3.05, 3.63) is 52.5 Å². The molecule has 4 rings (SSSR count). The van der Waals surface area contributed by atoms with Crippen LogP contribution in [0.3, 0.4) is 0 Å². The van der Waals surface area contributed by atoms with E-state index in [9.17, 15) is 9.59 Å². The van der Waals surface area contributed by atoms with Gasteiger partial charge in [-0.2, -0.15) is 5.10 Å². The van der Waals surface area contributed by atoms with Crippen molar-refractivity contribution in [1.82, 2.24) is 29.4 Å². The van der Waals surface area contributed by atoms with Gasteiger partial charge in [0.15, 0.2) is 11.5 Å². The fourth-order valence-electron chi connectivity index (χ4n) is 3.87. The molecule has 3 heterocycles. The lowest BCUT2D eigenvalue weighted by molar-refractivity contribution is 0.102. The van der Waals surface area contributed by atoms with E-state index in [2.05, 4.69) is 34.0 Å². The van der Waals surface area contributed by atoms with Gasteiger partial charge in [-0.1, -0.05) is 25.4 Å². The first-order valence-electron chi connectivity index (χ1n) is 12.7. The zero-order valence-corrected chi connectivity index (χ0v) is 24.0. The van der Waals surface area contributed by atoms with Gasteiger partial charge in [0.05, 0.1) is 27.9 Å². The smallest absolute Gasteiger partial charge is 0.410 e. The molecule has 1 aromatic carbocycles. The van der Waals surface area contributed by atoms with Crippen LogP contribution in [0.2, 0.25) is 5.02 Å². The fourth-order valence-corrected chi connectivity index (χ4v) is 4.65. The van der Waals surface area contributed by atoms with Crippen LogP contribution in [0.5, 0.6) is 5.75 Å². The van der Waals surface area contributed by atoms with Crippen molar-refractivity contribution in [2.75, 3.05) is 32.5 Å². The number of pyridine rings is 1. The summed E-state index contributed by atoms with van der Waals surface area (Å²) in [5.74, 6) is 1.07. The first kappa shape index (κ1) is 28.5. The summed E-state index contributed by atoms with van der Waals surface area (Å²) in [5.41, 5.74) is 2.41. The Labute approximate surface area is 236 Å². The van der Waals surface area contributed by atoms with E-state index in [1.54, 1.807) is 35.7 Å². The van der Waals surface area contributed by atoms with Gasteiger partial charge in [0.25, 0.3) is 5.91 Å². The van der Waals surface area contributed by atoms with Crippen LogP contribution in [0.25, 0.3) is 22.3 Å². The summed E-state index contributed by atoms with van der Waals surface area (Å²) < 4.78 is 11.2. The van der Waals surface area contributed by atoms with Gasteiger partial charge >= 0.3 is 6.09 Å². The Morgan fingerprint density at radius 2 is 1.97 bits per heavy atom. The second-order valence-corrected chi connectivity index (χ2v) is 10.9. The minimum absolute atomic E-state index is 0.293. The molecule has 0 fully saturated rings. The van der Waals surface area contributed by atoms with Crippen LogP contribution in [0, 0.1) is 5.92 Å². The quantitative estimate of drug-likeness (QED) is 0.243. The zero-order chi connectivity index (χ0) is 27.9. The van der Waals surface area contributed by atoms with Gasteiger partial charge in [-0.05, 0) is 74.7 Å². The number of ether oxygens (including phenoxy) is 1. The van der Waals surface area contributed by atoms with Gasteiger partial charge in [-0.3, -0.25) is 4.79 Å². The van der Waals surface area contributed by atoms with Gasteiger partial charge in [0.2, 0.25) is 0 Å². The summed E-state index contributed by atoms with van der Waals surface area (Å²) in [6.07, 6.45) is 2.96. The van der Waals surface area contributed by atoms with E-state index in [0.29, 0.717) is 64.4 Å². The Hall–Kier alpha value is -3.54. The van der Waals surface area contributed by atoms with E-state index in [4.69, 9.17) is 21.3 Å². The molecule has 0 bridgehead atoms. The molecule has 10 nitrogen and oxygen atoms in total. The minimum atomic E-state index is -0.514. The molecular formula is C27H32ClN7O3S. The third-order valence-corrected chi connectivity index (χ3v) is 6.80. The maximum Gasteiger partial charge on any atom is 0.412 e. The predicted molar refractivity (Wildman–Crippen MR) is 155 cm³/mol. The molecule has 206 valence electrons. The third kappa shape index (κ3) is 7.53. The van der Waals surface area contributed by atoms with Crippen LogP contribution >= 0.6 is 23.1 Å². The van der Waals surface area contributed by atoms with E-state index in [-0.39, 0.29) is 5.91 Å². The molecule has 0 saturated heterocycles. The second kappa shape index (κ2) is 13.0. The Morgan fingerprint density at radius 3 is 2.64 bits per heavy atom. The summed E-state index contributed by atoms with van der Waals surface area (Å²) in [5, 5.41) is 13.0. The van der Waals surface area contributed by atoms with Crippen molar-refractivity contribution in [2.45, 2.75) is 33.2 Å². The molecule has 0 atom stereocenters. The summed E-state index contributed by atoms with van der Waals surface area (Å²) >= 11 is 7.90. The second-order valence-electron chi connectivity index (χ2n) is 9.81. The summed E-state index contributed by atoms with van der Waals surface area (Å²) in [7, 11) is 3.86. The van der Waals surface area contributed by atoms with Crippen molar-refractivity contribution >= 4 is 52.0 Å². The molecule has 0 radical (unpaired) electrons. The van der Waals surface area contributed by atoms with Crippen LogP contribution < -0.4 is 15.4 Å². The molecule has 39 heavy (non-hydrogen) atoms. The van der Waals surface area contributed by atoms with Crippen molar-refractivity contribution in [3.63, 3.8) is 0 Å². The third-order valence-electron chi connectivity index (χ3n) is 5.92. The summed E-state index contributed by atoms with van der Waals surface area (Å²) in [6.45, 7) is 6.21. The number of aromatic nitrogens is 4. The zero-order valence-electron chi connectivity index (χ0n) is 22.4. The molecule has 0 aliphatic carbocycles. The molecule has 0 spiro atoms. The first-order chi connectivity index (χ1) is 18.7. The molecule has 2 N–H and O–H groups in total. The number of nitrogens with one attached hydrogen (secondary N) is 2. The van der Waals surface area contributed by atoms with Crippen LogP contribution in [0.1, 0.15) is 37.0 Å². The first-order valence-corrected chi connectivity index (χ1v) is 13.9. The lowest BCUT2D eigenvalue weighted by Gasteiger charge is -2.11. The molecule has 0 unspecified atom stereocenters. The van der Waals surface area contributed by atoms with Crippen LogP contribution in [0.4, 0.5) is 10.6 Å². The SMILES string of the molecule is CC(C)CCCn1nc(NC(=O)c2cnsc2)c2cc(Cl)c(-c3ccc(OC(=O)NCCN(C)C)cc3)nc21. The fraction of sp³-hybridized carbons (Fsp3) is 0.370. The number of aryl methyl sites for hydroxylation is 1. The highest BCUT2D eigenvalue weighted by Gasteiger charge is 2.19. The van der Waals surface area contributed by atoms with Crippen LogP contribution in [0.15, 0.2) is 41.9 Å². The molecule has 2 amide bonds. The molecule has 3 aromatic heterocycles. The van der Waals surface area contributed by atoms with E-state index < -0.39 is 6.09 Å². The number of carbonyl (C=O) groups excluding carboxylic acids is 2. The molecule has 0 aliphatic heterocycles. The number of likely N-dealkylation sites (N-methyl/N-ethyl adjacent to an activating group) is 1. The number of fused-ring (bicyclic) bond motifs is 1. The van der Waals surface area contributed by atoms with Crippen molar-refractivity contribution < 1.29 is 14.3 Å². The van der Waals surface area contributed by atoms with E-state index in [1.807, 2.05) is 23.7 Å². The lowest BCUT2D eigenvalue weighted by Crippen LogP contribution is -2.33. The standard InChI is InChI=1S/C27H32ClN7O3S/c1-17(2)6-5-12-35-25-21(24(33-35)32-26(36)19-15-30-39-16-19)14-22(28)23(31-25)18-7-9-20(10-8-18)38-27(37)29-11-13-34(3)4/h7-10,14-17H,5-6,11-13H2,1-4H3,(H,29,37)(H,32,33,36). The van der Waals surface area contributed by atoms with E-state index >= 15 is 0 Å². The van der Waals surface area contributed by atoms with Crippen molar-refractivity contribution in [1.29, 1.82) is 0 Å². The molecule has 0 aliphatic rings. The maximum atomic E-state index is 12.7.